The second-order valence-electron chi connectivity index (χ2n) is 5.90. The summed E-state index contributed by atoms with van der Waals surface area (Å²) in [5.41, 5.74) is 1.13. The largest absolute Gasteiger partial charge is 0.465 e. The summed E-state index contributed by atoms with van der Waals surface area (Å²) in [6.07, 6.45) is 0.599. The van der Waals surface area contributed by atoms with Crippen molar-refractivity contribution in [2.45, 2.75) is 45.8 Å². The fourth-order valence-electron chi connectivity index (χ4n) is 2.30. The van der Waals surface area contributed by atoms with Gasteiger partial charge < -0.3 is 19.8 Å². The van der Waals surface area contributed by atoms with Gasteiger partial charge in [0.1, 0.15) is 5.69 Å². The van der Waals surface area contributed by atoms with Gasteiger partial charge in [-0.1, -0.05) is 0 Å². The molecule has 1 aromatic heterocycles. The Bertz CT molecular complexity index is 720. The van der Waals surface area contributed by atoms with E-state index >= 15 is 0 Å². The third kappa shape index (κ3) is 4.37. The number of urea groups is 1. The minimum absolute atomic E-state index is 0.0555. The molecule has 25 heavy (non-hydrogen) atoms. The number of esters is 2. The van der Waals surface area contributed by atoms with Crippen molar-refractivity contribution >= 4 is 23.9 Å². The molecule has 0 bridgehead atoms. The Morgan fingerprint density at radius 3 is 2.36 bits per heavy atom. The molecule has 1 fully saturated rings. The Morgan fingerprint density at radius 2 is 1.80 bits per heavy atom. The first kappa shape index (κ1) is 18.5. The molecular weight excluding hydrogens is 330 g/mol. The number of hydrogen-bond donors (Lipinski definition) is 3. The highest BCUT2D eigenvalue weighted by Gasteiger charge is 2.28. The van der Waals surface area contributed by atoms with E-state index in [1.165, 1.54) is 14.0 Å². The summed E-state index contributed by atoms with van der Waals surface area (Å²) in [5.74, 6) is -2.12. The van der Waals surface area contributed by atoms with E-state index in [2.05, 4.69) is 20.4 Å². The predicted octanol–water partition coefficient (Wildman–Crippen LogP) is 0.952. The lowest BCUT2D eigenvalue weighted by molar-refractivity contribution is -0.127. The van der Waals surface area contributed by atoms with Gasteiger partial charge in [-0.05, 0) is 39.2 Å². The smallest absolute Gasteiger partial charge is 0.355 e. The average Bonchev–Trinajstić information content (AvgIpc) is 3.30. The number of methoxy groups -OCH3 is 1. The highest BCUT2D eigenvalue weighted by Crippen LogP contribution is 2.20. The quantitative estimate of drug-likeness (QED) is 0.678. The summed E-state index contributed by atoms with van der Waals surface area (Å²) in [5, 5.41) is 4.71. The first-order valence-electron chi connectivity index (χ1n) is 7.84. The Hall–Kier alpha value is -2.84. The zero-order chi connectivity index (χ0) is 18.7. The molecule has 1 aliphatic rings. The normalized spacial score (nSPS) is 14.4. The molecule has 0 aliphatic heterocycles. The monoisotopic (exact) mass is 351 g/mol. The second-order valence-corrected chi connectivity index (χ2v) is 5.90. The maximum atomic E-state index is 12.2. The van der Waals surface area contributed by atoms with E-state index in [-0.39, 0.29) is 17.3 Å². The van der Waals surface area contributed by atoms with Gasteiger partial charge in [-0.2, -0.15) is 0 Å². The molecule has 1 unspecified atom stereocenters. The van der Waals surface area contributed by atoms with Crippen LogP contribution < -0.4 is 10.6 Å². The van der Waals surface area contributed by atoms with Crippen LogP contribution in [0.3, 0.4) is 0 Å². The van der Waals surface area contributed by atoms with E-state index in [1.807, 2.05) is 0 Å². The van der Waals surface area contributed by atoms with Crippen molar-refractivity contribution in [1.82, 2.24) is 15.6 Å². The van der Waals surface area contributed by atoms with E-state index in [0.29, 0.717) is 11.3 Å². The molecule has 9 nitrogen and oxygen atoms in total. The number of imide groups is 1. The Labute approximate surface area is 144 Å². The summed E-state index contributed by atoms with van der Waals surface area (Å²) in [6, 6.07) is -0.512. The molecule has 3 N–H and O–H groups in total. The maximum Gasteiger partial charge on any atom is 0.355 e. The number of aryl methyl sites for hydroxylation is 1. The minimum Gasteiger partial charge on any atom is -0.465 e. The molecule has 0 spiro atoms. The fourth-order valence-corrected chi connectivity index (χ4v) is 2.30. The highest BCUT2D eigenvalue weighted by molar-refractivity contribution is 6.00. The molecule has 1 aliphatic carbocycles. The van der Waals surface area contributed by atoms with Crippen LogP contribution in [0.4, 0.5) is 4.79 Å². The number of carbonyl (C=O) groups excluding carboxylic acids is 4. The summed E-state index contributed by atoms with van der Waals surface area (Å²) >= 11 is 0. The van der Waals surface area contributed by atoms with Crippen LogP contribution in [0.5, 0.6) is 0 Å². The number of rotatable bonds is 5. The van der Waals surface area contributed by atoms with E-state index < -0.39 is 30.0 Å². The zero-order valence-electron chi connectivity index (χ0n) is 14.5. The van der Waals surface area contributed by atoms with Crippen molar-refractivity contribution < 1.29 is 28.7 Å². The number of carbonyl (C=O) groups is 4. The molecule has 1 heterocycles. The molecule has 0 radical (unpaired) electrons. The van der Waals surface area contributed by atoms with Crippen LogP contribution >= 0.6 is 0 Å². The number of aromatic amines is 1. The first-order chi connectivity index (χ1) is 11.7. The van der Waals surface area contributed by atoms with Gasteiger partial charge >= 0.3 is 18.0 Å². The van der Waals surface area contributed by atoms with E-state index in [0.717, 1.165) is 12.8 Å². The van der Waals surface area contributed by atoms with Gasteiger partial charge in [0.15, 0.2) is 6.10 Å². The molecule has 3 amide bonds. The van der Waals surface area contributed by atoms with Gasteiger partial charge in [-0.3, -0.25) is 10.1 Å². The van der Waals surface area contributed by atoms with Crippen molar-refractivity contribution in [3.8, 4) is 0 Å². The number of aromatic nitrogens is 1. The SMILES string of the molecule is COC(=O)c1c(C)[nH]c(C(=O)OC(C)C(=O)NC(=O)NC2CC2)c1C. The first-order valence-corrected chi connectivity index (χ1v) is 7.84. The molecule has 9 heteroatoms. The lowest BCUT2D eigenvalue weighted by atomic mass is 10.1. The van der Waals surface area contributed by atoms with Crippen LogP contribution in [-0.4, -0.2) is 48.1 Å². The van der Waals surface area contributed by atoms with Gasteiger partial charge in [0.05, 0.1) is 12.7 Å². The highest BCUT2D eigenvalue weighted by atomic mass is 16.5. The topological polar surface area (TPSA) is 127 Å². The predicted molar refractivity (Wildman–Crippen MR) is 86.2 cm³/mol. The van der Waals surface area contributed by atoms with E-state index in [4.69, 9.17) is 4.74 Å². The van der Waals surface area contributed by atoms with Crippen molar-refractivity contribution in [1.29, 1.82) is 0 Å². The molecule has 2 rings (SSSR count). The van der Waals surface area contributed by atoms with Crippen LogP contribution in [0.25, 0.3) is 0 Å². The van der Waals surface area contributed by atoms with Gasteiger partial charge in [0, 0.05) is 11.7 Å². The molecular formula is C16H21N3O6. The molecule has 1 saturated carbocycles. The van der Waals surface area contributed by atoms with E-state index in [1.54, 1.807) is 13.8 Å². The summed E-state index contributed by atoms with van der Waals surface area (Å²) in [6.45, 7) is 4.54. The third-order valence-corrected chi connectivity index (χ3v) is 3.83. The van der Waals surface area contributed by atoms with Crippen molar-refractivity contribution in [3.05, 3.63) is 22.5 Å². The second kappa shape index (κ2) is 7.37. The standard InChI is InChI=1S/C16H21N3O6/c1-7-11(14(21)24-4)8(2)17-12(7)15(22)25-9(3)13(20)19-16(23)18-10-5-6-10/h9-10,17H,5-6H2,1-4H3,(H2,18,19,20,23). The number of amides is 3. The van der Waals surface area contributed by atoms with Crippen LogP contribution in [-0.2, 0) is 14.3 Å². The zero-order valence-corrected chi connectivity index (χ0v) is 14.5. The van der Waals surface area contributed by atoms with Gasteiger partial charge in [0.2, 0.25) is 0 Å². The van der Waals surface area contributed by atoms with Gasteiger partial charge in [-0.25, -0.2) is 14.4 Å². The maximum absolute atomic E-state index is 12.2. The lowest BCUT2D eigenvalue weighted by Gasteiger charge is -2.13. The minimum atomic E-state index is -1.18. The molecule has 0 saturated heterocycles. The van der Waals surface area contributed by atoms with Crippen molar-refractivity contribution in [2.24, 2.45) is 0 Å². The Kier molecular flexibility index (Phi) is 5.45. The molecule has 0 aromatic carbocycles. The third-order valence-electron chi connectivity index (χ3n) is 3.83. The van der Waals surface area contributed by atoms with Crippen LogP contribution in [0.1, 0.15) is 51.9 Å². The van der Waals surface area contributed by atoms with E-state index in [9.17, 15) is 19.2 Å². The van der Waals surface area contributed by atoms with Gasteiger partial charge in [0.25, 0.3) is 5.91 Å². The van der Waals surface area contributed by atoms with Crippen LogP contribution in [0, 0.1) is 13.8 Å². The number of H-pyrrole nitrogens is 1. The Morgan fingerprint density at radius 1 is 1.16 bits per heavy atom. The molecule has 1 aromatic rings. The number of ether oxygens (including phenoxy) is 2. The van der Waals surface area contributed by atoms with Crippen molar-refractivity contribution in [2.75, 3.05) is 7.11 Å². The summed E-state index contributed by atoms with van der Waals surface area (Å²) in [7, 11) is 1.24. The summed E-state index contributed by atoms with van der Waals surface area (Å²) < 4.78 is 9.74. The van der Waals surface area contributed by atoms with Gasteiger partial charge in [-0.15, -0.1) is 0 Å². The average molecular weight is 351 g/mol. The lowest BCUT2D eigenvalue weighted by Crippen LogP contribution is -2.45. The fraction of sp³-hybridized carbons (Fsp3) is 0.500. The molecule has 136 valence electrons. The number of nitrogens with one attached hydrogen (secondary N) is 3. The number of hydrogen-bond acceptors (Lipinski definition) is 6. The van der Waals surface area contributed by atoms with Crippen molar-refractivity contribution in [3.63, 3.8) is 0 Å². The Balaban J connectivity index is 1.99. The summed E-state index contributed by atoms with van der Waals surface area (Å²) in [4.78, 5) is 50.2. The van der Waals surface area contributed by atoms with Crippen LogP contribution in [0.2, 0.25) is 0 Å². The van der Waals surface area contributed by atoms with Crippen LogP contribution in [0.15, 0.2) is 0 Å². The molecule has 1 atom stereocenters.